The van der Waals surface area contributed by atoms with Gasteiger partial charge in [0.25, 0.3) is 0 Å². The fraction of sp³-hybridized carbons (Fsp3) is 0.318. The minimum absolute atomic E-state index is 0.155. The molecular weight excluding hydrogens is 358 g/mol. The van der Waals surface area contributed by atoms with Crippen LogP contribution in [0.1, 0.15) is 46.7 Å². The smallest absolute Gasteiger partial charge is 0.407 e. The minimum Gasteiger partial charge on any atom is -0.465 e. The van der Waals surface area contributed by atoms with Gasteiger partial charge in [0.15, 0.2) is 0 Å². The number of methoxy groups -OCH3 is 1. The van der Waals surface area contributed by atoms with E-state index in [0.29, 0.717) is 24.8 Å². The van der Waals surface area contributed by atoms with E-state index in [1.807, 2.05) is 30.3 Å². The fourth-order valence-corrected chi connectivity index (χ4v) is 3.43. The van der Waals surface area contributed by atoms with Crippen molar-refractivity contribution < 1.29 is 23.9 Å². The van der Waals surface area contributed by atoms with Crippen molar-refractivity contribution in [2.24, 2.45) is 0 Å². The number of amides is 1. The molecule has 1 aliphatic rings. The van der Waals surface area contributed by atoms with Crippen molar-refractivity contribution in [3.8, 4) is 0 Å². The van der Waals surface area contributed by atoms with E-state index in [1.54, 1.807) is 24.3 Å². The molecular formula is C22H23NO5. The Bertz CT molecular complexity index is 832. The highest BCUT2D eigenvalue weighted by Gasteiger charge is 2.32. The molecule has 0 heterocycles. The maximum absolute atomic E-state index is 12.2. The van der Waals surface area contributed by atoms with E-state index in [4.69, 9.17) is 9.47 Å². The molecule has 146 valence electrons. The Morgan fingerprint density at radius 1 is 1.07 bits per heavy atom. The van der Waals surface area contributed by atoms with Crippen LogP contribution in [0, 0.1) is 0 Å². The van der Waals surface area contributed by atoms with Crippen molar-refractivity contribution >= 4 is 17.8 Å². The van der Waals surface area contributed by atoms with Crippen molar-refractivity contribution in [3.63, 3.8) is 0 Å². The zero-order valence-electron chi connectivity index (χ0n) is 15.7. The average Bonchev–Trinajstić information content (AvgIpc) is 2.74. The van der Waals surface area contributed by atoms with Crippen LogP contribution in [0.4, 0.5) is 4.79 Å². The maximum atomic E-state index is 12.2. The number of esters is 1. The predicted molar refractivity (Wildman–Crippen MR) is 103 cm³/mol. The van der Waals surface area contributed by atoms with Crippen molar-refractivity contribution in [1.82, 2.24) is 5.32 Å². The third kappa shape index (κ3) is 4.97. The second-order valence-electron chi connectivity index (χ2n) is 6.81. The van der Waals surface area contributed by atoms with Gasteiger partial charge in [-0.25, -0.2) is 9.59 Å². The molecule has 2 aromatic carbocycles. The molecule has 28 heavy (non-hydrogen) atoms. The Morgan fingerprint density at radius 2 is 1.79 bits per heavy atom. The van der Waals surface area contributed by atoms with Crippen molar-refractivity contribution in [2.45, 2.75) is 37.8 Å². The molecule has 6 nitrogen and oxygen atoms in total. The molecule has 2 atom stereocenters. The Balaban J connectivity index is 1.65. The first-order chi connectivity index (χ1) is 13.6. The SMILES string of the molecule is COC(=O)c1ccc(C2CC(=O)CC[C@H]2NC(=O)OCc2ccccc2)cc1. The van der Waals surface area contributed by atoms with Gasteiger partial charge >= 0.3 is 12.1 Å². The number of nitrogens with one attached hydrogen (secondary N) is 1. The summed E-state index contributed by atoms with van der Waals surface area (Å²) in [7, 11) is 1.33. The largest absolute Gasteiger partial charge is 0.465 e. The number of rotatable bonds is 5. The maximum Gasteiger partial charge on any atom is 0.407 e. The summed E-state index contributed by atoms with van der Waals surface area (Å²) in [4.78, 5) is 35.8. The standard InChI is InChI=1S/C22H23NO5/c1-27-21(25)17-9-7-16(8-10-17)19-13-18(24)11-12-20(19)23-22(26)28-14-15-5-3-2-4-6-15/h2-10,19-20H,11-14H2,1H3,(H,23,26)/t19?,20-/m1/s1. The van der Waals surface area contributed by atoms with E-state index in [0.717, 1.165) is 11.1 Å². The molecule has 1 amide bonds. The van der Waals surface area contributed by atoms with Gasteiger partial charge in [0, 0.05) is 24.8 Å². The van der Waals surface area contributed by atoms with Crippen LogP contribution in [0.5, 0.6) is 0 Å². The second-order valence-corrected chi connectivity index (χ2v) is 6.81. The normalized spacial score (nSPS) is 19.0. The summed E-state index contributed by atoms with van der Waals surface area (Å²) in [6, 6.07) is 16.2. The number of ketones is 1. The number of alkyl carbamates (subject to hydrolysis) is 1. The summed E-state index contributed by atoms with van der Waals surface area (Å²) in [5, 5.41) is 2.90. The van der Waals surface area contributed by atoms with E-state index in [-0.39, 0.29) is 24.3 Å². The van der Waals surface area contributed by atoms with Gasteiger partial charge in [-0.1, -0.05) is 42.5 Å². The fourth-order valence-electron chi connectivity index (χ4n) is 3.43. The molecule has 6 heteroatoms. The Kier molecular flexibility index (Phi) is 6.42. The van der Waals surface area contributed by atoms with Crippen LogP contribution in [0.3, 0.4) is 0 Å². The third-order valence-corrected chi connectivity index (χ3v) is 4.94. The first-order valence-corrected chi connectivity index (χ1v) is 9.24. The molecule has 0 bridgehead atoms. The van der Waals surface area contributed by atoms with Crippen LogP contribution in [0.25, 0.3) is 0 Å². The number of Topliss-reactive ketones (excluding diaryl/α,β-unsaturated/α-hetero) is 1. The lowest BCUT2D eigenvalue weighted by molar-refractivity contribution is -0.121. The predicted octanol–water partition coefficient (Wildman–Crippen LogP) is 3.60. The van der Waals surface area contributed by atoms with E-state index in [2.05, 4.69) is 5.32 Å². The van der Waals surface area contributed by atoms with Crippen molar-refractivity contribution in [1.29, 1.82) is 0 Å². The van der Waals surface area contributed by atoms with E-state index in [1.165, 1.54) is 7.11 Å². The lowest BCUT2D eigenvalue weighted by Crippen LogP contribution is -2.43. The quantitative estimate of drug-likeness (QED) is 0.800. The molecule has 3 rings (SSSR count). The topological polar surface area (TPSA) is 81.7 Å². The van der Waals surface area contributed by atoms with Crippen molar-refractivity contribution in [2.75, 3.05) is 7.11 Å². The summed E-state index contributed by atoms with van der Waals surface area (Å²) >= 11 is 0. The molecule has 1 aliphatic carbocycles. The van der Waals surface area contributed by atoms with Gasteiger partial charge in [0.05, 0.1) is 12.7 Å². The number of carbonyl (C=O) groups is 3. The Hall–Kier alpha value is -3.15. The molecule has 0 aliphatic heterocycles. The molecule has 0 radical (unpaired) electrons. The van der Waals surface area contributed by atoms with Crippen LogP contribution in [-0.2, 0) is 20.9 Å². The summed E-state index contributed by atoms with van der Waals surface area (Å²) < 4.78 is 10.0. The third-order valence-electron chi connectivity index (χ3n) is 4.94. The van der Waals surface area contributed by atoms with Crippen LogP contribution < -0.4 is 5.32 Å². The highest BCUT2D eigenvalue weighted by Crippen LogP contribution is 2.32. The molecule has 0 saturated heterocycles. The molecule has 1 N–H and O–H groups in total. The van der Waals surface area contributed by atoms with Gasteiger partial charge in [-0.3, -0.25) is 4.79 Å². The molecule has 2 aromatic rings. The first kappa shape index (κ1) is 19.6. The molecule has 0 aromatic heterocycles. The number of hydrogen-bond acceptors (Lipinski definition) is 5. The molecule has 1 unspecified atom stereocenters. The van der Waals surface area contributed by atoms with Gasteiger partial charge in [0.1, 0.15) is 12.4 Å². The summed E-state index contributed by atoms with van der Waals surface area (Å²) in [5.74, 6) is -0.402. The van der Waals surface area contributed by atoms with Crippen LogP contribution in [-0.4, -0.2) is 31.0 Å². The number of benzene rings is 2. The number of carbonyl (C=O) groups excluding carboxylic acids is 3. The molecule has 1 saturated carbocycles. The van der Waals surface area contributed by atoms with Gasteiger partial charge < -0.3 is 14.8 Å². The highest BCUT2D eigenvalue weighted by atomic mass is 16.5. The van der Waals surface area contributed by atoms with Gasteiger partial charge in [-0.05, 0) is 29.7 Å². The zero-order chi connectivity index (χ0) is 19.9. The minimum atomic E-state index is -0.501. The monoisotopic (exact) mass is 381 g/mol. The summed E-state index contributed by atoms with van der Waals surface area (Å²) in [5.41, 5.74) is 2.25. The summed E-state index contributed by atoms with van der Waals surface area (Å²) in [6.45, 7) is 0.191. The number of ether oxygens (including phenoxy) is 2. The van der Waals surface area contributed by atoms with Gasteiger partial charge in [-0.15, -0.1) is 0 Å². The lowest BCUT2D eigenvalue weighted by Gasteiger charge is -2.31. The van der Waals surface area contributed by atoms with E-state index in [9.17, 15) is 14.4 Å². The highest BCUT2D eigenvalue weighted by molar-refractivity contribution is 5.89. The van der Waals surface area contributed by atoms with Crippen molar-refractivity contribution in [3.05, 3.63) is 71.3 Å². The van der Waals surface area contributed by atoms with E-state index >= 15 is 0 Å². The van der Waals surface area contributed by atoms with Crippen LogP contribution in [0.2, 0.25) is 0 Å². The first-order valence-electron chi connectivity index (χ1n) is 9.24. The molecule has 1 fully saturated rings. The Morgan fingerprint density at radius 3 is 2.46 bits per heavy atom. The van der Waals surface area contributed by atoms with Gasteiger partial charge in [-0.2, -0.15) is 0 Å². The lowest BCUT2D eigenvalue weighted by atomic mass is 9.79. The van der Waals surface area contributed by atoms with E-state index < -0.39 is 12.1 Å². The summed E-state index contributed by atoms with van der Waals surface area (Å²) in [6.07, 6.45) is 0.837. The Labute approximate surface area is 163 Å². The zero-order valence-corrected chi connectivity index (χ0v) is 15.7. The van der Waals surface area contributed by atoms with Crippen LogP contribution in [0.15, 0.2) is 54.6 Å². The molecule has 0 spiro atoms. The second kappa shape index (κ2) is 9.17. The average molecular weight is 381 g/mol. The van der Waals surface area contributed by atoms with Gasteiger partial charge in [0.2, 0.25) is 0 Å². The number of hydrogen-bond donors (Lipinski definition) is 1. The van der Waals surface area contributed by atoms with Crippen LogP contribution >= 0.6 is 0 Å².